The molecule has 1 aromatic rings. The third-order valence-electron chi connectivity index (χ3n) is 3.24. The molecule has 3 nitrogen and oxygen atoms in total. The summed E-state index contributed by atoms with van der Waals surface area (Å²) in [5.41, 5.74) is 0. The lowest BCUT2D eigenvalue weighted by Crippen LogP contribution is -2.28. The average Bonchev–Trinajstić information content (AvgIpc) is 2.76. The summed E-state index contributed by atoms with van der Waals surface area (Å²) < 4.78 is 52.1. The van der Waals surface area contributed by atoms with Crippen LogP contribution >= 0.6 is 15.9 Å². The first-order valence-corrected chi connectivity index (χ1v) is 8.37. The maximum atomic E-state index is 13.0. The molecule has 0 amide bonds. The van der Waals surface area contributed by atoms with Gasteiger partial charge in [0, 0.05) is 11.4 Å². The van der Waals surface area contributed by atoms with Crippen LogP contribution in [0.15, 0.2) is 23.1 Å². The molecule has 0 saturated heterocycles. The van der Waals surface area contributed by atoms with Crippen LogP contribution in [0.2, 0.25) is 0 Å². The van der Waals surface area contributed by atoms with Gasteiger partial charge in [0.15, 0.2) is 11.6 Å². The summed E-state index contributed by atoms with van der Waals surface area (Å²) in [6, 6.07) is 2.57. The Morgan fingerprint density at radius 2 is 2.00 bits per heavy atom. The molecule has 2 atom stereocenters. The molecule has 1 aliphatic carbocycles. The van der Waals surface area contributed by atoms with Crippen LogP contribution in [0.3, 0.4) is 0 Å². The van der Waals surface area contributed by atoms with Crippen molar-refractivity contribution in [3.8, 4) is 0 Å². The minimum atomic E-state index is -3.78. The lowest BCUT2D eigenvalue weighted by molar-refractivity contribution is 0.501. The molecule has 0 bridgehead atoms. The lowest BCUT2D eigenvalue weighted by atomic mass is 10.1. The molecule has 1 saturated carbocycles. The maximum absolute atomic E-state index is 13.0. The van der Waals surface area contributed by atoms with Crippen LogP contribution < -0.4 is 4.72 Å². The van der Waals surface area contributed by atoms with Crippen molar-refractivity contribution in [2.45, 2.75) is 29.0 Å². The highest BCUT2D eigenvalue weighted by Crippen LogP contribution is 2.30. The van der Waals surface area contributed by atoms with Crippen LogP contribution in [0.5, 0.6) is 0 Å². The Hall–Kier alpha value is -0.530. The van der Waals surface area contributed by atoms with E-state index in [1.165, 1.54) is 0 Å². The van der Waals surface area contributed by atoms with Gasteiger partial charge in [0.1, 0.15) is 0 Å². The molecule has 0 radical (unpaired) electrons. The first-order valence-electron chi connectivity index (χ1n) is 5.97. The minimum Gasteiger partial charge on any atom is -0.211 e. The van der Waals surface area contributed by atoms with E-state index in [9.17, 15) is 17.2 Å². The second kappa shape index (κ2) is 5.85. The van der Waals surface area contributed by atoms with Crippen molar-refractivity contribution in [3.63, 3.8) is 0 Å². The van der Waals surface area contributed by atoms with Crippen molar-refractivity contribution >= 4 is 26.0 Å². The number of nitrogens with one attached hydrogen (secondary N) is 1. The summed E-state index contributed by atoms with van der Waals surface area (Å²) in [5, 5.41) is 0. The normalized spacial score (nSPS) is 23.7. The van der Waals surface area contributed by atoms with E-state index in [-0.39, 0.29) is 10.8 Å². The predicted octanol–water partition coefficient (Wildman–Crippen LogP) is 2.81. The molecule has 106 valence electrons. The molecular formula is C12H14BrF2NO2S. The second-order valence-corrected chi connectivity index (χ2v) is 7.77. The van der Waals surface area contributed by atoms with Crippen LogP contribution in [0.1, 0.15) is 19.3 Å². The molecule has 1 N–H and O–H groups in total. The van der Waals surface area contributed by atoms with E-state index >= 15 is 0 Å². The van der Waals surface area contributed by atoms with Crippen molar-refractivity contribution in [2.24, 2.45) is 5.92 Å². The number of rotatable bonds is 4. The second-order valence-electron chi connectivity index (χ2n) is 4.70. The highest BCUT2D eigenvalue weighted by atomic mass is 79.9. The van der Waals surface area contributed by atoms with Gasteiger partial charge in [0.2, 0.25) is 10.0 Å². The number of alkyl halides is 1. The quantitative estimate of drug-likeness (QED) is 0.846. The van der Waals surface area contributed by atoms with Gasteiger partial charge in [-0.2, -0.15) is 0 Å². The molecule has 2 unspecified atom stereocenters. The van der Waals surface area contributed by atoms with Gasteiger partial charge in [0.25, 0.3) is 0 Å². The Balaban J connectivity index is 2.03. The van der Waals surface area contributed by atoms with E-state index in [4.69, 9.17) is 0 Å². The zero-order valence-corrected chi connectivity index (χ0v) is 12.5. The average molecular weight is 354 g/mol. The van der Waals surface area contributed by atoms with E-state index in [1.54, 1.807) is 0 Å². The first kappa shape index (κ1) is 14.9. The van der Waals surface area contributed by atoms with Gasteiger partial charge in [-0.25, -0.2) is 21.9 Å². The Labute approximate surface area is 119 Å². The maximum Gasteiger partial charge on any atom is 0.240 e. The summed E-state index contributed by atoms with van der Waals surface area (Å²) in [5.74, 6) is -1.94. The lowest BCUT2D eigenvalue weighted by Gasteiger charge is -2.11. The van der Waals surface area contributed by atoms with E-state index < -0.39 is 21.7 Å². The fraction of sp³-hybridized carbons (Fsp3) is 0.500. The van der Waals surface area contributed by atoms with E-state index in [0.717, 1.165) is 31.4 Å². The molecule has 0 aromatic heterocycles. The molecule has 7 heteroatoms. The number of benzene rings is 1. The summed E-state index contributed by atoms with van der Waals surface area (Å²) in [6.45, 7) is 0.323. The van der Waals surface area contributed by atoms with Gasteiger partial charge in [-0.1, -0.05) is 15.9 Å². The van der Waals surface area contributed by atoms with Gasteiger partial charge >= 0.3 is 0 Å². The Morgan fingerprint density at radius 1 is 1.26 bits per heavy atom. The van der Waals surface area contributed by atoms with Gasteiger partial charge in [-0.15, -0.1) is 0 Å². The Kier molecular flexibility index (Phi) is 4.58. The fourth-order valence-corrected chi connectivity index (χ4v) is 4.07. The molecule has 0 aliphatic heterocycles. The van der Waals surface area contributed by atoms with Gasteiger partial charge in [0.05, 0.1) is 4.90 Å². The van der Waals surface area contributed by atoms with E-state index in [1.807, 2.05) is 0 Å². The summed E-state index contributed by atoms with van der Waals surface area (Å²) in [4.78, 5) is 0.185. The van der Waals surface area contributed by atoms with Crippen LogP contribution in [0.4, 0.5) is 8.78 Å². The van der Waals surface area contributed by atoms with Crippen molar-refractivity contribution in [1.82, 2.24) is 4.72 Å². The third-order valence-corrected chi connectivity index (χ3v) is 5.49. The SMILES string of the molecule is O=S(=O)(NCC1CCC(Br)C1)c1ccc(F)c(F)c1. The topological polar surface area (TPSA) is 46.2 Å². The summed E-state index contributed by atoms with van der Waals surface area (Å²) >= 11 is 3.49. The smallest absolute Gasteiger partial charge is 0.211 e. The number of halogens is 3. The van der Waals surface area contributed by atoms with Gasteiger partial charge in [-0.3, -0.25) is 0 Å². The highest BCUT2D eigenvalue weighted by Gasteiger charge is 2.24. The van der Waals surface area contributed by atoms with Crippen molar-refractivity contribution < 1.29 is 17.2 Å². The van der Waals surface area contributed by atoms with Crippen LogP contribution in [-0.2, 0) is 10.0 Å². The molecule has 1 aliphatic rings. The zero-order valence-electron chi connectivity index (χ0n) is 10.1. The number of hydrogen-bond donors (Lipinski definition) is 1. The van der Waals surface area contributed by atoms with Crippen molar-refractivity contribution in [1.29, 1.82) is 0 Å². The van der Waals surface area contributed by atoms with E-state index in [2.05, 4.69) is 20.7 Å². The Bertz CT molecular complexity index is 565. The van der Waals surface area contributed by atoms with Gasteiger partial charge in [-0.05, 0) is 43.4 Å². The number of hydrogen-bond acceptors (Lipinski definition) is 2. The van der Waals surface area contributed by atoms with Crippen molar-refractivity contribution in [2.75, 3.05) is 6.54 Å². The number of sulfonamides is 1. The summed E-state index contributed by atoms with van der Waals surface area (Å²) in [7, 11) is -3.78. The highest BCUT2D eigenvalue weighted by molar-refractivity contribution is 9.09. The predicted molar refractivity (Wildman–Crippen MR) is 71.6 cm³/mol. The zero-order chi connectivity index (χ0) is 14.0. The fourth-order valence-electron chi connectivity index (χ4n) is 2.15. The van der Waals surface area contributed by atoms with Crippen LogP contribution in [0.25, 0.3) is 0 Å². The molecule has 1 aromatic carbocycles. The molecule has 0 spiro atoms. The first-order chi connectivity index (χ1) is 8.88. The van der Waals surface area contributed by atoms with Gasteiger partial charge < -0.3 is 0 Å². The molecule has 0 heterocycles. The van der Waals surface area contributed by atoms with Crippen LogP contribution in [-0.4, -0.2) is 19.8 Å². The molecular weight excluding hydrogens is 340 g/mol. The monoisotopic (exact) mass is 353 g/mol. The third kappa shape index (κ3) is 3.73. The standard InChI is InChI=1S/C12H14BrF2NO2S/c13-9-2-1-8(5-9)7-16-19(17,18)10-3-4-11(14)12(15)6-10/h3-4,6,8-9,16H,1-2,5,7H2. The summed E-state index contributed by atoms with van der Waals surface area (Å²) in [6.07, 6.45) is 2.90. The minimum absolute atomic E-state index is 0.250. The largest absolute Gasteiger partial charge is 0.240 e. The molecule has 1 fully saturated rings. The molecule has 19 heavy (non-hydrogen) atoms. The van der Waals surface area contributed by atoms with E-state index in [0.29, 0.717) is 17.4 Å². The van der Waals surface area contributed by atoms with Crippen LogP contribution in [0, 0.1) is 17.6 Å². The Morgan fingerprint density at radius 3 is 2.58 bits per heavy atom. The molecule has 2 rings (SSSR count). The van der Waals surface area contributed by atoms with Crippen molar-refractivity contribution in [3.05, 3.63) is 29.8 Å².